The van der Waals surface area contributed by atoms with Crippen LogP contribution in [0, 0.1) is 0 Å². The van der Waals surface area contributed by atoms with Crippen LogP contribution in [0.5, 0.6) is 0 Å². The van der Waals surface area contributed by atoms with Gasteiger partial charge < -0.3 is 8.98 Å². The van der Waals surface area contributed by atoms with Gasteiger partial charge in [-0.2, -0.15) is 0 Å². The number of fused-ring (bicyclic) bond motifs is 2. The molecule has 1 fully saturated rings. The van der Waals surface area contributed by atoms with Crippen LogP contribution >= 0.6 is 0 Å². The second kappa shape index (κ2) is 6.17. The van der Waals surface area contributed by atoms with Gasteiger partial charge in [-0.15, -0.1) is 0 Å². The van der Waals surface area contributed by atoms with Crippen molar-refractivity contribution in [3.63, 3.8) is 0 Å². The summed E-state index contributed by atoms with van der Waals surface area (Å²) in [4.78, 5) is 18.3. The molecule has 2 atom stereocenters. The number of rotatable bonds is 3. The summed E-state index contributed by atoms with van der Waals surface area (Å²) >= 11 is 0. The lowest BCUT2D eigenvalue weighted by molar-refractivity contribution is 0.568. The molecule has 1 saturated carbocycles. The number of nitrogens with zero attached hydrogens (tertiary/aromatic N) is 2. The summed E-state index contributed by atoms with van der Waals surface area (Å²) in [6.45, 7) is 0. The van der Waals surface area contributed by atoms with E-state index >= 15 is 0 Å². The van der Waals surface area contributed by atoms with Crippen molar-refractivity contribution in [1.82, 2.24) is 9.55 Å². The maximum Gasteiger partial charge on any atom is 0.259 e. The molecule has 3 aromatic heterocycles. The van der Waals surface area contributed by atoms with Gasteiger partial charge in [0, 0.05) is 34.8 Å². The maximum atomic E-state index is 13.4. The normalized spacial score (nSPS) is 18.3. The highest BCUT2D eigenvalue weighted by atomic mass is 16.3. The van der Waals surface area contributed by atoms with Crippen molar-refractivity contribution >= 4 is 21.7 Å². The Morgan fingerprint density at radius 2 is 1.83 bits per heavy atom. The van der Waals surface area contributed by atoms with Crippen molar-refractivity contribution in [2.24, 2.45) is 0 Å². The SMILES string of the molecule is O=c1c2c(-c3ccoc3)cccc2ccn1[C@@H]1C[C@@H]1c1ccc2ccccc2n1. The summed E-state index contributed by atoms with van der Waals surface area (Å²) in [6.07, 6.45) is 6.18. The molecule has 0 amide bonds. The first kappa shape index (κ1) is 16.3. The largest absolute Gasteiger partial charge is 0.472 e. The van der Waals surface area contributed by atoms with E-state index in [-0.39, 0.29) is 17.5 Å². The van der Waals surface area contributed by atoms with E-state index in [0.29, 0.717) is 0 Å². The summed E-state index contributed by atoms with van der Waals surface area (Å²) in [5, 5.41) is 2.83. The number of hydrogen-bond donors (Lipinski definition) is 0. The number of para-hydroxylation sites is 1. The van der Waals surface area contributed by atoms with Crippen molar-refractivity contribution in [2.75, 3.05) is 0 Å². The molecule has 4 nitrogen and oxygen atoms in total. The van der Waals surface area contributed by atoms with Crippen LogP contribution in [0.3, 0.4) is 0 Å². The fourth-order valence-electron chi connectivity index (χ4n) is 4.32. The smallest absolute Gasteiger partial charge is 0.259 e. The van der Waals surface area contributed by atoms with Crippen molar-refractivity contribution in [1.29, 1.82) is 0 Å². The van der Waals surface area contributed by atoms with Gasteiger partial charge in [-0.25, -0.2) is 0 Å². The maximum absolute atomic E-state index is 13.4. The molecule has 0 unspecified atom stereocenters. The molecule has 3 heterocycles. The number of aromatic nitrogens is 2. The molecule has 0 bridgehead atoms. The first-order valence-corrected chi connectivity index (χ1v) is 9.82. The van der Waals surface area contributed by atoms with E-state index < -0.39 is 0 Å². The lowest BCUT2D eigenvalue weighted by Crippen LogP contribution is -2.19. The van der Waals surface area contributed by atoms with Crippen LogP contribution in [0.1, 0.15) is 24.1 Å². The predicted octanol–water partition coefficient (Wildman–Crippen LogP) is 5.54. The molecule has 0 saturated heterocycles. The first-order chi connectivity index (χ1) is 14.3. The van der Waals surface area contributed by atoms with Gasteiger partial charge in [0.05, 0.1) is 23.4 Å². The number of furan rings is 1. The van der Waals surface area contributed by atoms with Crippen molar-refractivity contribution in [3.8, 4) is 11.1 Å². The number of pyridine rings is 2. The summed E-state index contributed by atoms with van der Waals surface area (Å²) in [6, 6.07) is 22.4. The van der Waals surface area contributed by atoms with Gasteiger partial charge in [-0.3, -0.25) is 9.78 Å². The summed E-state index contributed by atoms with van der Waals surface area (Å²) in [7, 11) is 0. The Kier molecular flexibility index (Phi) is 3.47. The third-order valence-corrected chi connectivity index (χ3v) is 5.91. The monoisotopic (exact) mass is 378 g/mol. The van der Waals surface area contributed by atoms with Crippen LogP contribution in [0.25, 0.3) is 32.8 Å². The minimum Gasteiger partial charge on any atom is -0.472 e. The molecule has 4 heteroatoms. The molecule has 29 heavy (non-hydrogen) atoms. The van der Waals surface area contributed by atoms with Crippen LogP contribution in [0.15, 0.2) is 94.7 Å². The van der Waals surface area contributed by atoms with Crippen LogP contribution < -0.4 is 5.56 Å². The van der Waals surface area contributed by atoms with Crippen molar-refractivity contribution < 1.29 is 4.42 Å². The molecule has 140 valence electrons. The van der Waals surface area contributed by atoms with Crippen LogP contribution in [0.4, 0.5) is 0 Å². The summed E-state index contributed by atoms with van der Waals surface area (Å²) < 4.78 is 7.12. The Hall–Kier alpha value is -3.66. The van der Waals surface area contributed by atoms with E-state index in [1.807, 2.05) is 59.3 Å². The Bertz CT molecular complexity index is 1420. The zero-order valence-electron chi connectivity index (χ0n) is 15.7. The van der Waals surface area contributed by atoms with Crippen LogP contribution in [-0.4, -0.2) is 9.55 Å². The first-order valence-electron chi connectivity index (χ1n) is 9.82. The highest BCUT2D eigenvalue weighted by Crippen LogP contribution is 2.50. The number of hydrogen-bond acceptors (Lipinski definition) is 3. The van der Waals surface area contributed by atoms with Crippen LogP contribution in [0.2, 0.25) is 0 Å². The zero-order chi connectivity index (χ0) is 19.4. The molecule has 1 aliphatic carbocycles. The Balaban J connectivity index is 1.43. The van der Waals surface area contributed by atoms with Crippen molar-refractivity contribution in [2.45, 2.75) is 18.4 Å². The Morgan fingerprint density at radius 3 is 2.72 bits per heavy atom. The molecule has 5 aromatic rings. The molecule has 6 rings (SSSR count). The second-order valence-corrected chi connectivity index (χ2v) is 7.65. The third-order valence-electron chi connectivity index (χ3n) is 5.91. The van der Waals surface area contributed by atoms with Gasteiger partial charge in [0.1, 0.15) is 0 Å². The minimum atomic E-state index is 0.0487. The van der Waals surface area contributed by atoms with E-state index in [0.717, 1.165) is 44.9 Å². The molecule has 0 aliphatic heterocycles. The summed E-state index contributed by atoms with van der Waals surface area (Å²) in [5.41, 5.74) is 3.95. The van der Waals surface area contributed by atoms with E-state index in [4.69, 9.17) is 9.40 Å². The molecule has 2 aromatic carbocycles. The Labute approximate surface area is 167 Å². The van der Waals surface area contributed by atoms with Gasteiger partial charge in [0.15, 0.2) is 0 Å². The predicted molar refractivity (Wildman–Crippen MR) is 114 cm³/mol. The average molecular weight is 378 g/mol. The van der Waals surface area contributed by atoms with Gasteiger partial charge in [0.2, 0.25) is 0 Å². The van der Waals surface area contributed by atoms with Gasteiger partial charge >= 0.3 is 0 Å². The quantitative estimate of drug-likeness (QED) is 0.414. The molecule has 0 spiro atoms. The highest BCUT2D eigenvalue weighted by molar-refractivity contribution is 5.95. The Morgan fingerprint density at radius 1 is 0.931 bits per heavy atom. The van der Waals surface area contributed by atoms with Gasteiger partial charge in [-0.05, 0) is 41.6 Å². The zero-order valence-corrected chi connectivity index (χ0v) is 15.7. The topological polar surface area (TPSA) is 48.0 Å². The minimum absolute atomic E-state index is 0.0487. The molecule has 0 N–H and O–H groups in total. The highest BCUT2D eigenvalue weighted by Gasteiger charge is 2.41. The molecule has 0 radical (unpaired) electrons. The average Bonchev–Trinajstić information content (AvgIpc) is 3.36. The second-order valence-electron chi connectivity index (χ2n) is 7.65. The van der Waals surface area contributed by atoms with Gasteiger partial charge in [-0.1, -0.05) is 42.5 Å². The fourth-order valence-corrected chi connectivity index (χ4v) is 4.32. The van der Waals surface area contributed by atoms with Crippen LogP contribution in [-0.2, 0) is 0 Å². The lowest BCUT2D eigenvalue weighted by Gasteiger charge is -2.10. The van der Waals surface area contributed by atoms with E-state index in [9.17, 15) is 4.79 Å². The van der Waals surface area contributed by atoms with E-state index in [1.165, 1.54) is 0 Å². The molecule has 1 aliphatic rings. The van der Waals surface area contributed by atoms with Gasteiger partial charge in [0.25, 0.3) is 5.56 Å². The van der Waals surface area contributed by atoms with E-state index in [2.05, 4.69) is 18.2 Å². The summed E-state index contributed by atoms with van der Waals surface area (Å²) in [5.74, 6) is 0.274. The number of benzene rings is 2. The third kappa shape index (κ3) is 2.60. The fraction of sp³-hybridized carbons (Fsp3) is 0.120. The molecular formula is C25H18N2O2. The van der Waals surface area contributed by atoms with E-state index in [1.54, 1.807) is 12.5 Å². The lowest BCUT2D eigenvalue weighted by atomic mass is 10.0. The van der Waals surface area contributed by atoms with Crippen molar-refractivity contribution in [3.05, 3.63) is 102 Å². The standard InChI is InChI=1S/C25H18N2O2/c28-25-24-17(5-3-6-19(24)18-11-13-29-15-18)10-12-27(25)23-14-20(23)22-9-8-16-4-1-2-7-21(16)26-22/h1-13,15,20,23H,14H2/t20-,23-/m1/s1. The molecular weight excluding hydrogens is 360 g/mol.